The van der Waals surface area contributed by atoms with Crippen LogP contribution in [0.4, 0.5) is 5.69 Å². The molecule has 1 aromatic carbocycles. The van der Waals surface area contributed by atoms with Crippen LogP contribution in [-0.4, -0.2) is 25.7 Å². The molecule has 0 spiro atoms. The molecule has 102 valence electrons. The lowest BCUT2D eigenvalue weighted by Crippen LogP contribution is -2.35. The second-order valence-corrected chi connectivity index (χ2v) is 4.95. The first-order valence-corrected chi connectivity index (χ1v) is 6.62. The van der Waals surface area contributed by atoms with Crippen LogP contribution in [0.2, 0.25) is 0 Å². The van der Waals surface area contributed by atoms with E-state index >= 15 is 0 Å². The largest absolute Gasteiger partial charge is 0.385 e. The van der Waals surface area contributed by atoms with Gasteiger partial charge in [0.1, 0.15) is 6.07 Å². The molecular formula is C13H16BrN3O2. The molecule has 0 heterocycles. The highest BCUT2D eigenvalue weighted by Crippen LogP contribution is 2.20. The Kier molecular flexibility index (Phi) is 6.50. The van der Waals surface area contributed by atoms with Gasteiger partial charge in [0.2, 0.25) is 5.91 Å². The van der Waals surface area contributed by atoms with Crippen molar-refractivity contribution in [3.63, 3.8) is 0 Å². The van der Waals surface area contributed by atoms with Crippen molar-refractivity contribution in [2.24, 2.45) is 5.73 Å². The van der Waals surface area contributed by atoms with E-state index in [4.69, 9.17) is 15.7 Å². The van der Waals surface area contributed by atoms with Crippen LogP contribution in [0.1, 0.15) is 18.4 Å². The third kappa shape index (κ3) is 4.99. The Balaban J connectivity index is 2.64. The van der Waals surface area contributed by atoms with E-state index in [9.17, 15) is 4.79 Å². The number of nitrogens with two attached hydrogens (primary N) is 1. The van der Waals surface area contributed by atoms with Gasteiger partial charge in [-0.1, -0.05) is 15.9 Å². The summed E-state index contributed by atoms with van der Waals surface area (Å²) in [6.07, 6.45) is 1.26. The van der Waals surface area contributed by atoms with Crippen LogP contribution in [0.25, 0.3) is 0 Å². The molecule has 3 N–H and O–H groups in total. The maximum Gasteiger partial charge on any atom is 0.241 e. The maximum atomic E-state index is 11.9. The van der Waals surface area contributed by atoms with Crippen LogP contribution in [0.15, 0.2) is 22.7 Å². The SMILES string of the molecule is COCCCC(N)C(=O)Nc1ccc(Br)cc1C#N. The first kappa shape index (κ1) is 15.6. The van der Waals surface area contributed by atoms with Crippen LogP contribution < -0.4 is 11.1 Å². The molecule has 0 saturated carbocycles. The minimum atomic E-state index is -0.606. The van der Waals surface area contributed by atoms with Crippen LogP contribution in [0.3, 0.4) is 0 Å². The fourth-order valence-electron chi connectivity index (χ4n) is 1.52. The number of benzene rings is 1. The molecule has 5 nitrogen and oxygen atoms in total. The molecule has 1 unspecified atom stereocenters. The number of rotatable bonds is 6. The van der Waals surface area contributed by atoms with Crippen LogP contribution in [0, 0.1) is 11.3 Å². The van der Waals surface area contributed by atoms with E-state index in [1.165, 1.54) is 0 Å². The molecule has 0 bridgehead atoms. The Morgan fingerprint density at radius 3 is 3.00 bits per heavy atom. The Morgan fingerprint density at radius 1 is 1.63 bits per heavy atom. The number of carbonyl (C=O) groups is 1. The summed E-state index contributed by atoms with van der Waals surface area (Å²) in [6, 6.07) is 6.49. The van der Waals surface area contributed by atoms with Crippen molar-refractivity contribution >= 4 is 27.5 Å². The molecule has 0 saturated heterocycles. The lowest BCUT2D eigenvalue weighted by molar-refractivity contribution is -0.117. The molecule has 1 amide bonds. The third-order valence-corrected chi connectivity index (χ3v) is 3.05. The fraction of sp³-hybridized carbons (Fsp3) is 0.385. The van der Waals surface area contributed by atoms with Gasteiger partial charge >= 0.3 is 0 Å². The average Bonchev–Trinajstić information content (AvgIpc) is 2.40. The van der Waals surface area contributed by atoms with Crippen molar-refractivity contribution in [2.45, 2.75) is 18.9 Å². The number of hydrogen-bond acceptors (Lipinski definition) is 4. The normalized spacial score (nSPS) is 11.7. The zero-order valence-electron chi connectivity index (χ0n) is 10.6. The van der Waals surface area contributed by atoms with Crippen molar-refractivity contribution in [1.82, 2.24) is 0 Å². The lowest BCUT2D eigenvalue weighted by Gasteiger charge is -2.13. The van der Waals surface area contributed by atoms with Crippen molar-refractivity contribution < 1.29 is 9.53 Å². The molecule has 6 heteroatoms. The standard InChI is InChI=1S/C13H16BrN3O2/c1-19-6-2-3-11(16)13(18)17-12-5-4-10(14)7-9(12)8-15/h4-5,7,11H,2-3,6,16H2,1H3,(H,17,18). The summed E-state index contributed by atoms with van der Waals surface area (Å²) in [4.78, 5) is 11.9. The molecular weight excluding hydrogens is 310 g/mol. The lowest BCUT2D eigenvalue weighted by atomic mass is 10.1. The summed E-state index contributed by atoms with van der Waals surface area (Å²) in [5.74, 6) is -0.296. The first-order valence-electron chi connectivity index (χ1n) is 5.83. The Morgan fingerprint density at radius 2 is 2.37 bits per heavy atom. The van der Waals surface area contributed by atoms with Crippen LogP contribution >= 0.6 is 15.9 Å². The summed E-state index contributed by atoms with van der Waals surface area (Å²) < 4.78 is 5.69. The monoisotopic (exact) mass is 325 g/mol. The Labute approximate surface area is 120 Å². The maximum absolute atomic E-state index is 11.9. The predicted molar refractivity (Wildman–Crippen MR) is 76.6 cm³/mol. The molecule has 1 atom stereocenters. The van der Waals surface area contributed by atoms with E-state index in [1.54, 1.807) is 25.3 Å². The predicted octanol–water partition coefficient (Wildman–Crippen LogP) is 2.01. The minimum absolute atomic E-state index is 0.296. The van der Waals surface area contributed by atoms with Gasteiger partial charge in [-0.3, -0.25) is 4.79 Å². The van der Waals surface area contributed by atoms with Gasteiger partial charge in [0.05, 0.1) is 17.3 Å². The number of nitrogens with zero attached hydrogens (tertiary/aromatic N) is 1. The summed E-state index contributed by atoms with van der Waals surface area (Å²) in [5, 5.41) is 11.7. The number of carbonyl (C=O) groups excluding carboxylic acids is 1. The van der Waals surface area contributed by atoms with Crippen LogP contribution in [0.5, 0.6) is 0 Å². The molecule has 1 rings (SSSR count). The molecule has 0 aliphatic rings. The van der Waals surface area contributed by atoms with E-state index in [0.29, 0.717) is 24.3 Å². The Bertz CT molecular complexity index is 485. The van der Waals surface area contributed by atoms with Crippen molar-refractivity contribution in [3.05, 3.63) is 28.2 Å². The zero-order chi connectivity index (χ0) is 14.3. The fourth-order valence-corrected chi connectivity index (χ4v) is 1.88. The van der Waals surface area contributed by atoms with Gasteiger partial charge in [0, 0.05) is 18.2 Å². The number of ether oxygens (including phenoxy) is 1. The first-order chi connectivity index (χ1) is 9.08. The van der Waals surface area contributed by atoms with Gasteiger partial charge in [0.15, 0.2) is 0 Å². The molecule has 19 heavy (non-hydrogen) atoms. The molecule has 0 aliphatic carbocycles. The second-order valence-electron chi connectivity index (χ2n) is 4.03. The summed E-state index contributed by atoms with van der Waals surface area (Å²) in [7, 11) is 1.60. The molecule has 0 aromatic heterocycles. The van der Waals surface area contributed by atoms with Gasteiger partial charge in [-0.25, -0.2) is 0 Å². The number of hydrogen-bond donors (Lipinski definition) is 2. The van der Waals surface area contributed by atoms with Crippen molar-refractivity contribution in [3.8, 4) is 6.07 Å². The molecule has 0 fully saturated rings. The van der Waals surface area contributed by atoms with Crippen LogP contribution in [-0.2, 0) is 9.53 Å². The van der Waals surface area contributed by atoms with Gasteiger partial charge in [0.25, 0.3) is 0 Å². The molecule has 0 radical (unpaired) electrons. The third-order valence-electron chi connectivity index (χ3n) is 2.56. The van der Waals surface area contributed by atoms with E-state index < -0.39 is 6.04 Å². The smallest absolute Gasteiger partial charge is 0.241 e. The zero-order valence-corrected chi connectivity index (χ0v) is 12.2. The second kappa shape index (κ2) is 7.89. The van der Waals surface area contributed by atoms with Gasteiger partial charge < -0.3 is 15.8 Å². The number of anilines is 1. The quantitative estimate of drug-likeness (QED) is 0.783. The van der Waals surface area contributed by atoms with E-state index in [0.717, 1.165) is 10.9 Å². The number of nitriles is 1. The highest BCUT2D eigenvalue weighted by atomic mass is 79.9. The summed E-state index contributed by atoms with van der Waals surface area (Å²) in [5.41, 5.74) is 6.63. The highest BCUT2D eigenvalue weighted by molar-refractivity contribution is 9.10. The van der Waals surface area contributed by atoms with Crippen molar-refractivity contribution in [1.29, 1.82) is 5.26 Å². The number of nitrogens with one attached hydrogen (secondary N) is 1. The van der Waals surface area contributed by atoms with Gasteiger partial charge in [-0.15, -0.1) is 0 Å². The molecule has 0 aliphatic heterocycles. The topological polar surface area (TPSA) is 88.1 Å². The highest BCUT2D eigenvalue weighted by Gasteiger charge is 2.14. The summed E-state index contributed by atoms with van der Waals surface area (Å²) in [6.45, 7) is 0.572. The Hall–Kier alpha value is -1.42. The minimum Gasteiger partial charge on any atom is -0.385 e. The number of halogens is 1. The molecule has 1 aromatic rings. The van der Waals surface area contributed by atoms with E-state index in [-0.39, 0.29) is 5.91 Å². The van der Waals surface area contributed by atoms with Gasteiger partial charge in [-0.2, -0.15) is 5.26 Å². The summed E-state index contributed by atoms with van der Waals surface area (Å²) >= 11 is 3.27. The number of amides is 1. The average molecular weight is 326 g/mol. The van der Waals surface area contributed by atoms with E-state index in [1.807, 2.05) is 6.07 Å². The van der Waals surface area contributed by atoms with E-state index in [2.05, 4.69) is 21.2 Å². The number of methoxy groups -OCH3 is 1. The van der Waals surface area contributed by atoms with Crippen molar-refractivity contribution in [2.75, 3.05) is 19.0 Å². The van der Waals surface area contributed by atoms with Gasteiger partial charge in [-0.05, 0) is 31.0 Å².